The van der Waals surface area contributed by atoms with Crippen LogP contribution in [0.2, 0.25) is 0 Å². The molecule has 7 nitrogen and oxygen atoms in total. The first-order chi connectivity index (χ1) is 13.3. The molecule has 0 bridgehead atoms. The van der Waals surface area contributed by atoms with Crippen molar-refractivity contribution in [2.75, 3.05) is 20.2 Å². The normalized spacial score (nSPS) is 14.9. The van der Waals surface area contributed by atoms with Gasteiger partial charge in [0.2, 0.25) is 5.89 Å². The molecule has 1 aliphatic heterocycles. The molecule has 7 heteroatoms. The molecule has 0 unspecified atom stereocenters. The van der Waals surface area contributed by atoms with Gasteiger partial charge in [0, 0.05) is 31.4 Å². The quantitative estimate of drug-likeness (QED) is 0.707. The number of pyridine rings is 1. The van der Waals surface area contributed by atoms with Gasteiger partial charge in [-0.15, -0.1) is 10.2 Å². The predicted molar refractivity (Wildman–Crippen MR) is 98.4 cm³/mol. The largest absolute Gasteiger partial charge is 0.496 e. The first-order valence-corrected chi connectivity index (χ1v) is 8.92. The van der Waals surface area contributed by atoms with E-state index in [2.05, 4.69) is 15.2 Å². The molecule has 1 aromatic carbocycles. The summed E-state index contributed by atoms with van der Waals surface area (Å²) in [5.74, 6) is 1.94. The molecule has 4 rings (SSSR count). The molecular formula is C20H20N4O3. The molecule has 3 aromatic rings. The van der Waals surface area contributed by atoms with E-state index >= 15 is 0 Å². The number of rotatable bonds is 4. The van der Waals surface area contributed by atoms with Crippen molar-refractivity contribution in [2.24, 2.45) is 0 Å². The lowest BCUT2D eigenvalue weighted by Crippen LogP contribution is -2.38. The number of carbonyl (C=O) groups excluding carboxylic acids is 1. The van der Waals surface area contributed by atoms with Gasteiger partial charge in [-0.3, -0.25) is 9.78 Å². The Morgan fingerprint density at radius 2 is 1.96 bits per heavy atom. The van der Waals surface area contributed by atoms with Crippen LogP contribution in [0.4, 0.5) is 0 Å². The van der Waals surface area contributed by atoms with Crippen LogP contribution in [0.3, 0.4) is 0 Å². The second-order valence-corrected chi connectivity index (χ2v) is 6.45. The molecule has 2 aromatic heterocycles. The third-order valence-electron chi connectivity index (χ3n) is 4.82. The Balaban J connectivity index is 1.43. The van der Waals surface area contributed by atoms with Crippen molar-refractivity contribution in [1.29, 1.82) is 0 Å². The fourth-order valence-corrected chi connectivity index (χ4v) is 3.33. The van der Waals surface area contributed by atoms with Crippen LogP contribution in [-0.2, 0) is 0 Å². The number of nitrogens with zero attached hydrogens (tertiary/aromatic N) is 4. The summed E-state index contributed by atoms with van der Waals surface area (Å²) in [7, 11) is 1.62. The summed E-state index contributed by atoms with van der Waals surface area (Å²) in [6.07, 6.45) is 4.85. The van der Waals surface area contributed by atoms with Gasteiger partial charge in [-0.05, 0) is 37.1 Å². The van der Waals surface area contributed by atoms with E-state index in [1.165, 1.54) is 0 Å². The highest BCUT2D eigenvalue weighted by Gasteiger charge is 2.28. The highest BCUT2D eigenvalue weighted by molar-refractivity contribution is 5.93. The van der Waals surface area contributed by atoms with E-state index < -0.39 is 0 Å². The number of hydrogen-bond acceptors (Lipinski definition) is 6. The number of carbonyl (C=O) groups is 1. The number of aromatic nitrogens is 3. The van der Waals surface area contributed by atoms with Crippen molar-refractivity contribution >= 4 is 5.91 Å². The summed E-state index contributed by atoms with van der Waals surface area (Å²) < 4.78 is 11.3. The molecule has 1 amide bonds. The molecule has 0 aliphatic carbocycles. The van der Waals surface area contributed by atoms with Gasteiger partial charge in [0.15, 0.2) is 0 Å². The zero-order valence-corrected chi connectivity index (χ0v) is 15.0. The molecule has 1 aliphatic rings. The molecule has 138 valence electrons. The van der Waals surface area contributed by atoms with Gasteiger partial charge < -0.3 is 14.1 Å². The molecule has 0 atom stereocenters. The van der Waals surface area contributed by atoms with Crippen LogP contribution in [0.25, 0.3) is 11.5 Å². The third-order valence-corrected chi connectivity index (χ3v) is 4.82. The molecule has 0 spiro atoms. The number of piperidine rings is 1. The van der Waals surface area contributed by atoms with Gasteiger partial charge in [-0.2, -0.15) is 0 Å². The van der Waals surface area contributed by atoms with Gasteiger partial charge in [0.1, 0.15) is 5.75 Å². The van der Waals surface area contributed by atoms with Gasteiger partial charge in [0.25, 0.3) is 11.8 Å². The molecular weight excluding hydrogens is 344 g/mol. The van der Waals surface area contributed by atoms with E-state index in [1.54, 1.807) is 31.6 Å². The zero-order valence-electron chi connectivity index (χ0n) is 15.0. The first-order valence-electron chi connectivity index (χ1n) is 8.92. The molecule has 1 fully saturated rings. The average molecular weight is 364 g/mol. The van der Waals surface area contributed by atoms with E-state index in [4.69, 9.17) is 9.15 Å². The van der Waals surface area contributed by atoms with Gasteiger partial charge in [-0.25, -0.2) is 0 Å². The minimum absolute atomic E-state index is 0.0155. The maximum absolute atomic E-state index is 12.5. The summed E-state index contributed by atoms with van der Waals surface area (Å²) in [6, 6.07) is 11.1. The molecule has 3 heterocycles. The average Bonchev–Trinajstić information content (AvgIpc) is 3.24. The number of amides is 1. The van der Waals surface area contributed by atoms with Gasteiger partial charge in [-0.1, -0.05) is 12.1 Å². The van der Waals surface area contributed by atoms with Crippen LogP contribution in [0.1, 0.15) is 35.0 Å². The van der Waals surface area contributed by atoms with Crippen LogP contribution in [-0.4, -0.2) is 46.2 Å². The first kappa shape index (κ1) is 17.2. The maximum Gasteiger partial charge on any atom is 0.255 e. The summed E-state index contributed by atoms with van der Waals surface area (Å²) in [5, 5.41) is 8.42. The molecule has 0 radical (unpaired) electrons. The number of benzene rings is 1. The predicted octanol–water partition coefficient (Wildman–Crippen LogP) is 3.16. The highest BCUT2D eigenvalue weighted by atomic mass is 16.5. The van der Waals surface area contributed by atoms with Crippen molar-refractivity contribution < 1.29 is 13.9 Å². The lowest BCUT2D eigenvalue weighted by Gasteiger charge is -2.30. The van der Waals surface area contributed by atoms with Crippen molar-refractivity contribution in [3.63, 3.8) is 0 Å². The summed E-state index contributed by atoms with van der Waals surface area (Å²) >= 11 is 0. The third kappa shape index (κ3) is 3.53. The number of ether oxygens (including phenoxy) is 1. The van der Waals surface area contributed by atoms with E-state index in [1.807, 2.05) is 29.2 Å². The Labute approximate surface area is 157 Å². The fourth-order valence-electron chi connectivity index (χ4n) is 3.33. The summed E-state index contributed by atoms with van der Waals surface area (Å²) in [6.45, 7) is 1.32. The van der Waals surface area contributed by atoms with Gasteiger partial charge in [0.05, 0.1) is 18.2 Å². The van der Waals surface area contributed by atoms with E-state index in [9.17, 15) is 4.79 Å². The van der Waals surface area contributed by atoms with Gasteiger partial charge >= 0.3 is 0 Å². The van der Waals surface area contributed by atoms with E-state index in [0.29, 0.717) is 36.2 Å². The number of likely N-dealkylation sites (tertiary alicyclic amines) is 1. The second kappa shape index (κ2) is 7.57. The molecule has 27 heavy (non-hydrogen) atoms. The summed E-state index contributed by atoms with van der Waals surface area (Å²) in [5.41, 5.74) is 1.40. The number of hydrogen-bond donors (Lipinski definition) is 0. The Morgan fingerprint density at radius 3 is 2.70 bits per heavy atom. The minimum atomic E-state index is 0.0155. The van der Waals surface area contributed by atoms with E-state index in [0.717, 1.165) is 18.4 Å². The zero-order chi connectivity index (χ0) is 18.6. The standard InChI is InChI=1S/C20H20N4O3/c1-26-17-7-3-2-6-16(17)19-23-22-18(27-19)14-8-11-24(12-9-14)20(25)15-5-4-10-21-13-15/h2-7,10,13-14H,8-9,11-12H2,1H3. The molecule has 0 saturated carbocycles. The lowest BCUT2D eigenvalue weighted by atomic mass is 9.96. The fraction of sp³-hybridized carbons (Fsp3) is 0.300. The summed E-state index contributed by atoms with van der Waals surface area (Å²) in [4.78, 5) is 18.4. The van der Waals surface area contributed by atoms with Crippen molar-refractivity contribution in [2.45, 2.75) is 18.8 Å². The second-order valence-electron chi connectivity index (χ2n) is 6.45. The Hall–Kier alpha value is -3.22. The Kier molecular flexibility index (Phi) is 4.82. The van der Waals surface area contributed by atoms with Crippen LogP contribution >= 0.6 is 0 Å². The molecule has 1 saturated heterocycles. The van der Waals surface area contributed by atoms with Crippen LogP contribution in [0.15, 0.2) is 53.2 Å². The maximum atomic E-state index is 12.5. The Bertz CT molecular complexity index is 918. The van der Waals surface area contributed by atoms with Crippen LogP contribution in [0.5, 0.6) is 5.75 Å². The van der Waals surface area contributed by atoms with Crippen molar-refractivity contribution in [3.8, 4) is 17.2 Å². The minimum Gasteiger partial charge on any atom is -0.496 e. The topological polar surface area (TPSA) is 81.4 Å². The lowest BCUT2D eigenvalue weighted by molar-refractivity contribution is 0.0706. The number of para-hydroxylation sites is 1. The SMILES string of the molecule is COc1ccccc1-c1nnc(C2CCN(C(=O)c3cccnc3)CC2)o1. The van der Waals surface area contributed by atoms with Crippen molar-refractivity contribution in [3.05, 3.63) is 60.2 Å². The van der Waals surface area contributed by atoms with E-state index in [-0.39, 0.29) is 11.8 Å². The molecule has 0 N–H and O–H groups in total. The van der Waals surface area contributed by atoms with Crippen LogP contribution < -0.4 is 4.74 Å². The number of methoxy groups -OCH3 is 1. The monoisotopic (exact) mass is 364 g/mol. The smallest absolute Gasteiger partial charge is 0.255 e. The van der Waals surface area contributed by atoms with Crippen molar-refractivity contribution in [1.82, 2.24) is 20.1 Å². The Morgan fingerprint density at radius 1 is 1.15 bits per heavy atom. The highest BCUT2D eigenvalue weighted by Crippen LogP contribution is 2.32. The van der Waals surface area contributed by atoms with Crippen LogP contribution in [0, 0.1) is 0 Å².